The third-order valence-electron chi connectivity index (χ3n) is 3.46. The van der Waals surface area contributed by atoms with E-state index in [1.807, 2.05) is 0 Å². The molecule has 0 saturated carbocycles. The molecule has 21 heavy (non-hydrogen) atoms. The Labute approximate surface area is 119 Å². The molecule has 0 radical (unpaired) electrons. The van der Waals surface area contributed by atoms with Crippen LogP contribution in [0.5, 0.6) is 0 Å². The summed E-state index contributed by atoms with van der Waals surface area (Å²) in [6.07, 6.45) is 0. The fraction of sp³-hybridized carbons (Fsp3) is 0.143. The standard InChI is InChI=1S/C14H11N3O4/c1-16(2)12-9(17(20)21)6-7-4-3-5-8-10(7)11(12)14(19)15-13(8)18/h3-6H,1-2H3,(H,15,18,19). The minimum absolute atomic E-state index is 0.163. The van der Waals surface area contributed by atoms with Gasteiger partial charge in [0.25, 0.3) is 17.5 Å². The van der Waals surface area contributed by atoms with Crippen LogP contribution in [0.4, 0.5) is 11.4 Å². The van der Waals surface area contributed by atoms with Gasteiger partial charge in [-0.2, -0.15) is 0 Å². The minimum Gasteiger partial charge on any atom is -0.371 e. The van der Waals surface area contributed by atoms with Crippen LogP contribution < -0.4 is 10.2 Å². The van der Waals surface area contributed by atoms with Crippen molar-refractivity contribution >= 4 is 34.0 Å². The molecule has 0 spiro atoms. The number of rotatable bonds is 2. The van der Waals surface area contributed by atoms with Crippen molar-refractivity contribution < 1.29 is 14.5 Å². The lowest BCUT2D eigenvalue weighted by molar-refractivity contribution is -0.384. The number of nitrogens with zero attached hydrogens (tertiary/aromatic N) is 2. The van der Waals surface area contributed by atoms with Gasteiger partial charge >= 0.3 is 0 Å². The number of hydrogen-bond acceptors (Lipinski definition) is 5. The smallest absolute Gasteiger partial charge is 0.293 e. The first-order chi connectivity index (χ1) is 9.91. The second-order valence-corrected chi connectivity index (χ2v) is 4.96. The maximum atomic E-state index is 12.2. The van der Waals surface area contributed by atoms with E-state index in [1.54, 1.807) is 32.3 Å². The van der Waals surface area contributed by atoms with Crippen molar-refractivity contribution in [2.75, 3.05) is 19.0 Å². The van der Waals surface area contributed by atoms with Gasteiger partial charge in [0.15, 0.2) is 0 Å². The number of hydrogen-bond donors (Lipinski definition) is 1. The van der Waals surface area contributed by atoms with E-state index in [2.05, 4.69) is 5.32 Å². The van der Waals surface area contributed by atoms with Gasteiger partial charge < -0.3 is 4.90 Å². The van der Waals surface area contributed by atoms with Crippen molar-refractivity contribution in [3.05, 3.63) is 45.5 Å². The molecule has 0 aromatic heterocycles. The van der Waals surface area contributed by atoms with Crippen LogP contribution in [0.25, 0.3) is 10.8 Å². The molecular formula is C14H11N3O4. The minimum atomic E-state index is -0.615. The Morgan fingerprint density at radius 3 is 2.52 bits per heavy atom. The quantitative estimate of drug-likeness (QED) is 0.515. The maximum Gasteiger partial charge on any atom is 0.293 e. The van der Waals surface area contributed by atoms with E-state index < -0.39 is 16.7 Å². The van der Waals surface area contributed by atoms with E-state index in [1.165, 1.54) is 11.0 Å². The summed E-state index contributed by atoms with van der Waals surface area (Å²) in [5.41, 5.74) is 0.550. The molecule has 7 heteroatoms. The summed E-state index contributed by atoms with van der Waals surface area (Å²) in [4.78, 5) is 36.4. The fourth-order valence-electron chi connectivity index (χ4n) is 2.67. The lowest BCUT2D eigenvalue weighted by atomic mass is 9.92. The van der Waals surface area contributed by atoms with Crippen molar-refractivity contribution in [2.45, 2.75) is 0 Å². The highest BCUT2D eigenvalue weighted by atomic mass is 16.6. The molecule has 2 aromatic rings. The number of imide groups is 1. The summed E-state index contributed by atoms with van der Waals surface area (Å²) in [7, 11) is 3.24. The van der Waals surface area contributed by atoms with Crippen molar-refractivity contribution in [1.82, 2.24) is 5.32 Å². The third-order valence-corrected chi connectivity index (χ3v) is 3.46. The van der Waals surface area contributed by atoms with Crippen LogP contribution in [0.2, 0.25) is 0 Å². The normalized spacial score (nSPS) is 13.2. The molecule has 0 unspecified atom stereocenters. The Hall–Kier alpha value is -2.96. The fourth-order valence-corrected chi connectivity index (χ4v) is 2.67. The molecule has 0 aliphatic carbocycles. The first-order valence-electron chi connectivity index (χ1n) is 6.19. The summed E-state index contributed by atoms with van der Waals surface area (Å²) in [6, 6.07) is 6.28. The number of amides is 2. The lowest BCUT2D eigenvalue weighted by Crippen LogP contribution is -2.36. The van der Waals surface area contributed by atoms with Gasteiger partial charge in [-0.25, -0.2) is 0 Å². The Kier molecular flexibility index (Phi) is 2.65. The van der Waals surface area contributed by atoms with Crippen LogP contribution in [0.1, 0.15) is 20.7 Å². The second-order valence-electron chi connectivity index (χ2n) is 4.96. The van der Waals surface area contributed by atoms with Crippen LogP contribution in [0.15, 0.2) is 24.3 Å². The average molecular weight is 285 g/mol. The predicted octanol–water partition coefficient (Wildman–Crippen LogP) is 1.70. The molecule has 2 amide bonds. The monoisotopic (exact) mass is 285 g/mol. The molecule has 0 saturated heterocycles. The van der Waals surface area contributed by atoms with Gasteiger partial charge in [-0.1, -0.05) is 12.1 Å². The number of carbonyl (C=O) groups excluding carboxylic acids is 2. The van der Waals surface area contributed by atoms with E-state index in [4.69, 9.17) is 0 Å². The second kappa shape index (κ2) is 4.27. The predicted molar refractivity (Wildman–Crippen MR) is 76.7 cm³/mol. The third kappa shape index (κ3) is 1.74. The zero-order valence-corrected chi connectivity index (χ0v) is 11.3. The summed E-state index contributed by atoms with van der Waals surface area (Å²) in [6.45, 7) is 0. The average Bonchev–Trinajstić information content (AvgIpc) is 2.42. The first-order valence-corrected chi connectivity index (χ1v) is 6.19. The van der Waals surface area contributed by atoms with Crippen molar-refractivity contribution in [3.8, 4) is 0 Å². The first kappa shape index (κ1) is 13.0. The van der Waals surface area contributed by atoms with Gasteiger partial charge in [-0.3, -0.25) is 25.0 Å². The number of anilines is 1. The Bertz CT molecular complexity index is 827. The number of carbonyl (C=O) groups is 2. The van der Waals surface area contributed by atoms with E-state index >= 15 is 0 Å². The molecule has 3 rings (SSSR count). The maximum absolute atomic E-state index is 12.2. The van der Waals surface area contributed by atoms with Crippen LogP contribution >= 0.6 is 0 Å². The van der Waals surface area contributed by atoms with Crippen LogP contribution in [0.3, 0.4) is 0 Å². The lowest BCUT2D eigenvalue weighted by Gasteiger charge is -2.23. The van der Waals surface area contributed by atoms with Crippen molar-refractivity contribution in [1.29, 1.82) is 0 Å². The summed E-state index contributed by atoms with van der Waals surface area (Å²) >= 11 is 0. The molecule has 0 atom stereocenters. The number of nitrogens with one attached hydrogen (secondary N) is 1. The number of nitro benzene ring substituents is 1. The largest absolute Gasteiger partial charge is 0.371 e. The zero-order chi connectivity index (χ0) is 15.3. The molecule has 0 bridgehead atoms. The van der Waals surface area contributed by atoms with Crippen molar-refractivity contribution in [3.63, 3.8) is 0 Å². The van der Waals surface area contributed by atoms with Gasteiger partial charge in [0.05, 0.1) is 10.5 Å². The number of nitro groups is 1. The molecular weight excluding hydrogens is 274 g/mol. The van der Waals surface area contributed by atoms with Crippen molar-refractivity contribution in [2.24, 2.45) is 0 Å². The highest BCUT2D eigenvalue weighted by molar-refractivity contribution is 6.28. The van der Waals surface area contributed by atoms with E-state index in [0.29, 0.717) is 16.3 Å². The van der Waals surface area contributed by atoms with E-state index in [-0.39, 0.29) is 16.9 Å². The molecule has 1 aliphatic rings. The van der Waals surface area contributed by atoms with Crippen LogP contribution in [-0.4, -0.2) is 30.8 Å². The van der Waals surface area contributed by atoms with Gasteiger partial charge in [0, 0.05) is 31.1 Å². The Morgan fingerprint density at radius 1 is 1.19 bits per heavy atom. The van der Waals surface area contributed by atoms with Gasteiger partial charge in [-0.05, 0) is 11.5 Å². The summed E-state index contributed by atoms with van der Waals surface area (Å²) < 4.78 is 0. The molecule has 1 heterocycles. The van der Waals surface area contributed by atoms with Gasteiger partial charge in [0.1, 0.15) is 5.69 Å². The van der Waals surface area contributed by atoms with E-state index in [9.17, 15) is 19.7 Å². The Morgan fingerprint density at radius 2 is 1.90 bits per heavy atom. The zero-order valence-electron chi connectivity index (χ0n) is 11.3. The van der Waals surface area contributed by atoms with Crippen LogP contribution in [-0.2, 0) is 0 Å². The molecule has 1 aliphatic heterocycles. The Balaban J connectivity index is 2.57. The SMILES string of the molecule is CN(C)c1c([N+](=O)[O-])cc2cccc3c2c1C(=O)NC3=O. The molecule has 0 fully saturated rings. The molecule has 106 valence electrons. The summed E-state index contributed by atoms with van der Waals surface area (Å²) in [5.74, 6) is -1.10. The summed E-state index contributed by atoms with van der Waals surface area (Å²) in [5, 5.41) is 14.5. The number of benzene rings is 2. The molecule has 2 aromatic carbocycles. The van der Waals surface area contributed by atoms with E-state index in [0.717, 1.165) is 0 Å². The van der Waals surface area contributed by atoms with Gasteiger partial charge in [-0.15, -0.1) is 0 Å². The topological polar surface area (TPSA) is 92.5 Å². The highest BCUT2D eigenvalue weighted by Gasteiger charge is 2.33. The molecule has 1 N–H and O–H groups in total. The highest BCUT2D eigenvalue weighted by Crippen LogP contribution is 2.39. The molecule has 7 nitrogen and oxygen atoms in total. The van der Waals surface area contributed by atoms with Gasteiger partial charge in [0.2, 0.25) is 0 Å². The van der Waals surface area contributed by atoms with Crippen LogP contribution in [0, 0.1) is 10.1 Å².